The molecule has 0 radical (unpaired) electrons. The van der Waals surface area contributed by atoms with Crippen molar-refractivity contribution in [3.63, 3.8) is 0 Å². The Kier molecular flexibility index (Phi) is 9.19. The van der Waals surface area contributed by atoms with Gasteiger partial charge in [-0.1, -0.05) is 44.5 Å². The highest BCUT2D eigenvalue weighted by molar-refractivity contribution is 6.46. The molecule has 1 aromatic heterocycles. The second-order valence-electron chi connectivity index (χ2n) is 9.29. The number of nitrogens with zero attached hydrogens (tertiary/aromatic N) is 3. The maximum atomic E-state index is 13.3. The van der Waals surface area contributed by atoms with Crippen LogP contribution >= 0.6 is 0 Å². The Balaban J connectivity index is 1.68. The minimum absolute atomic E-state index is 0.0746. The number of aliphatic hydroxyl groups is 1. The van der Waals surface area contributed by atoms with Gasteiger partial charge in [-0.3, -0.25) is 9.59 Å². The summed E-state index contributed by atoms with van der Waals surface area (Å²) in [5.74, 6) is -0.212. The van der Waals surface area contributed by atoms with E-state index in [-0.39, 0.29) is 11.3 Å². The molecule has 8 heteroatoms. The fourth-order valence-corrected chi connectivity index (χ4v) is 4.49. The molecule has 1 unspecified atom stereocenters. The number of imidazole rings is 1. The largest absolute Gasteiger partial charge is 0.507 e. The number of amides is 1. The predicted molar refractivity (Wildman–Crippen MR) is 145 cm³/mol. The number of ketones is 1. The molecular weight excluding hydrogens is 482 g/mol. The number of carbonyl (C=O) groups excluding carboxylic acids is 2. The van der Waals surface area contributed by atoms with E-state index in [9.17, 15) is 14.7 Å². The van der Waals surface area contributed by atoms with E-state index in [0.717, 1.165) is 24.8 Å². The molecular formula is C30H35N3O5. The van der Waals surface area contributed by atoms with E-state index in [4.69, 9.17) is 9.47 Å². The minimum Gasteiger partial charge on any atom is -0.507 e. The average molecular weight is 518 g/mol. The molecule has 1 fully saturated rings. The molecule has 1 aliphatic rings. The summed E-state index contributed by atoms with van der Waals surface area (Å²) in [6.45, 7) is 6.28. The number of benzene rings is 2. The minimum atomic E-state index is -0.720. The number of unbranched alkanes of at least 4 members (excludes halogenated alkanes) is 1. The maximum absolute atomic E-state index is 13.3. The summed E-state index contributed by atoms with van der Waals surface area (Å²) in [7, 11) is 0. The first-order chi connectivity index (χ1) is 18.5. The molecule has 38 heavy (non-hydrogen) atoms. The SMILES string of the molecule is CCCCOc1cccc(/C(O)=C2\C(=O)C(=O)N(CCCn3ccnc3)C2c2ccc(OCCC)cc2)c1. The lowest BCUT2D eigenvalue weighted by molar-refractivity contribution is -0.139. The molecule has 0 saturated carbocycles. The molecule has 2 heterocycles. The van der Waals surface area contributed by atoms with Gasteiger partial charge in [-0.25, -0.2) is 4.98 Å². The van der Waals surface area contributed by atoms with Gasteiger partial charge in [0.1, 0.15) is 17.3 Å². The summed E-state index contributed by atoms with van der Waals surface area (Å²) in [5.41, 5.74) is 1.24. The van der Waals surface area contributed by atoms with E-state index in [1.165, 1.54) is 0 Å². The summed E-state index contributed by atoms with van der Waals surface area (Å²) < 4.78 is 13.4. The molecule has 0 aliphatic carbocycles. The van der Waals surface area contributed by atoms with Crippen LogP contribution in [0.5, 0.6) is 11.5 Å². The molecule has 200 valence electrons. The van der Waals surface area contributed by atoms with Crippen LogP contribution in [0.2, 0.25) is 0 Å². The number of hydrogen-bond acceptors (Lipinski definition) is 6. The van der Waals surface area contributed by atoms with Crippen molar-refractivity contribution in [2.24, 2.45) is 0 Å². The molecule has 1 amide bonds. The lowest BCUT2D eigenvalue weighted by Gasteiger charge is -2.25. The monoisotopic (exact) mass is 517 g/mol. The van der Waals surface area contributed by atoms with Crippen LogP contribution in [0.4, 0.5) is 0 Å². The molecule has 1 N–H and O–H groups in total. The Hall–Kier alpha value is -4.07. The molecule has 1 atom stereocenters. The predicted octanol–water partition coefficient (Wildman–Crippen LogP) is 5.36. The molecule has 8 nitrogen and oxygen atoms in total. The van der Waals surface area contributed by atoms with Crippen molar-refractivity contribution in [3.05, 3.63) is 84.0 Å². The molecule has 1 saturated heterocycles. The van der Waals surface area contributed by atoms with Crippen molar-refractivity contribution in [2.45, 2.75) is 52.1 Å². The Morgan fingerprint density at radius 2 is 1.74 bits per heavy atom. The molecule has 3 aromatic rings. The zero-order valence-corrected chi connectivity index (χ0v) is 22.0. The molecule has 0 spiro atoms. The molecule has 1 aliphatic heterocycles. The van der Waals surface area contributed by atoms with Gasteiger partial charge in [-0.05, 0) is 49.1 Å². The van der Waals surface area contributed by atoms with E-state index >= 15 is 0 Å². The highest BCUT2D eigenvalue weighted by Gasteiger charge is 2.45. The number of rotatable bonds is 13. The number of aryl methyl sites for hydroxylation is 1. The third-order valence-electron chi connectivity index (χ3n) is 6.46. The zero-order chi connectivity index (χ0) is 26.9. The maximum Gasteiger partial charge on any atom is 0.295 e. The fourth-order valence-electron chi connectivity index (χ4n) is 4.49. The summed E-state index contributed by atoms with van der Waals surface area (Å²) in [6.07, 6.45) is 8.71. The van der Waals surface area contributed by atoms with Gasteiger partial charge in [-0.15, -0.1) is 0 Å². The first-order valence-corrected chi connectivity index (χ1v) is 13.2. The lowest BCUT2D eigenvalue weighted by atomic mass is 9.95. The highest BCUT2D eigenvalue weighted by atomic mass is 16.5. The second-order valence-corrected chi connectivity index (χ2v) is 9.29. The van der Waals surface area contributed by atoms with Crippen molar-refractivity contribution >= 4 is 17.4 Å². The number of hydrogen-bond donors (Lipinski definition) is 1. The van der Waals surface area contributed by atoms with E-state index in [1.54, 1.807) is 35.6 Å². The smallest absolute Gasteiger partial charge is 0.295 e. The first kappa shape index (κ1) is 27.0. The number of ether oxygens (including phenoxy) is 2. The van der Waals surface area contributed by atoms with Crippen LogP contribution in [-0.2, 0) is 16.1 Å². The van der Waals surface area contributed by atoms with Crippen molar-refractivity contribution < 1.29 is 24.2 Å². The van der Waals surface area contributed by atoms with Crippen molar-refractivity contribution in [3.8, 4) is 11.5 Å². The highest BCUT2D eigenvalue weighted by Crippen LogP contribution is 2.40. The van der Waals surface area contributed by atoms with Gasteiger partial charge in [0.05, 0.1) is 31.2 Å². The van der Waals surface area contributed by atoms with Crippen molar-refractivity contribution in [2.75, 3.05) is 19.8 Å². The van der Waals surface area contributed by atoms with Gasteiger partial charge >= 0.3 is 0 Å². The van der Waals surface area contributed by atoms with Crippen LogP contribution in [0.3, 0.4) is 0 Å². The van der Waals surface area contributed by atoms with Crippen LogP contribution in [0.25, 0.3) is 5.76 Å². The van der Waals surface area contributed by atoms with E-state index in [1.807, 2.05) is 48.0 Å². The first-order valence-electron chi connectivity index (χ1n) is 13.2. The number of carbonyl (C=O) groups is 2. The quantitative estimate of drug-likeness (QED) is 0.142. The molecule has 4 rings (SSSR count). The number of aliphatic hydroxyl groups excluding tert-OH is 1. The van der Waals surface area contributed by atoms with Gasteiger partial charge in [0, 0.05) is 31.0 Å². The Morgan fingerprint density at radius 1 is 0.947 bits per heavy atom. The van der Waals surface area contributed by atoms with Crippen LogP contribution < -0.4 is 9.47 Å². The normalized spacial score (nSPS) is 16.7. The lowest BCUT2D eigenvalue weighted by Crippen LogP contribution is -2.31. The summed E-state index contributed by atoms with van der Waals surface area (Å²) in [6, 6.07) is 13.6. The van der Waals surface area contributed by atoms with E-state index in [2.05, 4.69) is 11.9 Å². The van der Waals surface area contributed by atoms with Crippen molar-refractivity contribution in [1.29, 1.82) is 0 Å². The Labute approximate surface area is 223 Å². The third-order valence-corrected chi connectivity index (χ3v) is 6.46. The zero-order valence-electron chi connectivity index (χ0n) is 22.0. The van der Waals surface area contributed by atoms with Crippen molar-refractivity contribution in [1.82, 2.24) is 14.5 Å². The third kappa shape index (κ3) is 6.25. The summed E-state index contributed by atoms with van der Waals surface area (Å²) in [5, 5.41) is 11.4. The Bertz CT molecular complexity index is 1250. The Morgan fingerprint density at radius 3 is 2.45 bits per heavy atom. The standard InChI is InChI=1S/C30H35N3O5/c1-3-5-19-38-25-9-6-8-23(20-25)28(34)26-27(22-10-12-24(13-11-22)37-18-4-2)33(30(36)29(26)35)16-7-15-32-17-14-31-21-32/h6,8-14,17,20-21,27,34H,3-5,7,15-16,18-19H2,1-2H3/b28-26+. The summed E-state index contributed by atoms with van der Waals surface area (Å²) in [4.78, 5) is 32.2. The number of aromatic nitrogens is 2. The fraction of sp³-hybridized carbons (Fsp3) is 0.367. The van der Waals surface area contributed by atoms with Gasteiger partial charge in [-0.2, -0.15) is 0 Å². The van der Waals surface area contributed by atoms with Crippen LogP contribution in [-0.4, -0.2) is 51.0 Å². The van der Waals surface area contributed by atoms with Gasteiger partial charge in [0.25, 0.3) is 11.7 Å². The van der Waals surface area contributed by atoms with Gasteiger partial charge < -0.3 is 24.0 Å². The van der Waals surface area contributed by atoms with E-state index in [0.29, 0.717) is 49.8 Å². The number of Topliss-reactive ketones (excluding diaryl/α,β-unsaturated/α-hetero) is 1. The van der Waals surface area contributed by atoms with Crippen LogP contribution in [0.1, 0.15) is 56.7 Å². The summed E-state index contributed by atoms with van der Waals surface area (Å²) >= 11 is 0. The molecule has 2 aromatic carbocycles. The average Bonchev–Trinajstić information content (AvgIpc) is 3.54. The van der Waals surface area contributed by atoms with Crippen LogP contribution in [0.15, 0.2) is 72.8 Å². The number of likely N-dealkylation sites (tertiary alicyclic amines) is 1. The second kappa shape index (κ2) is 12.9. The topological polar surface area (TPSA) is 93.9 Å². The van der Waals surface area contributed by atoms with Gasteiger partial charge in [0.2, 0.25) is 0 Å². The van der Waals surface area contributed by atoms with Crippen LogP contribution in [0, 0.1) is 0 Å². The van der Waals surface area contributed by atoms with E-state index < -0.39 is 17.7 Å². The molecule has 0 bridgehead atoms. The van der Waals surface area contributed by atoms with Gasteiger partial charge in [0.15, 0.2) is 0 Å².